The molecule has 2 saturated heterocycles. The van der Waals surface area contributed by atoms with Crippen molar-refractivity contribution in [3.05, 3.63) is 0 Å². The second kappa shape index (κ2) is 32.8. The first-order valence-corrected chi connectivity index (χ1v) is 24.0. The van der Waals surface area contributed by atoms with Gasteiger partial charge in [0.25, 0.3) is 0 Å². The predicted molar refractivity (Wildman–Crippen MR) is 245 cm³/mol. The van der Waals surface area contributed by atoms with Gasteiger partial charge in [-0.25, -0.2) is 0 Å². The van der Waals surface area contributed by atoms with Gasteiger partial charge in [0, 0.05) is 121 Å². The van der Waals surface area contributed by atoms with Gasteiger partial charge in [0.05, 0.1) is 59.5 Å². The van der Waals surface area contributed by atoms with Gasteiger partial charge >= 0.3 is 0 Å². The monoisotopic (exact) mass is 978 g/mol. The lowest BCUT2D eigenvalue weighted by atomic mass is 9.69. The fourth-order valence-electron chi connectivity index (χ4n) is 8.51. The van der Waals surface area contributed by atoms with Crippen molar-refractivity contribution in [3.8, 4) is 0 Å². The quantitative estimate of drug-likeness (QED) is 0.0356. The Bertz CT molecular complexity index is 1500. The van der Waals surface area contributed by atoms with Gasteiger partial charge in [-0.2, -0.15) is 0 Å². The van der Waals surface area contributed by atoms with Gasteiger partial charge in [-0.1, -0.05) is 13.8 Å². The van der Waals surface area contributed by atoms with E-state index in [1.54, 1.807) is 12.0 Å². The van der Waals surface area contributed by atoms with Crippen LogP contribution in [0.4, 0.5) is 0 Å². The van der Waals surface area contributed by atoms with Crippen molar-refractivity contribution < 1.29 is 87.1 Å². The molecule has 2 heterocycles. The van der Waals surface area contributed by atoms with E-state index >= 15 is 0 Å². The van der Waals surface area contributed by atoms with Crippen molar-refractivity contribution in [2.24, 2.45) is 16.2 Å². The van der Waals surface area contributed by atoms with Crippen LogP contribution in [0.3, 0.4) is 0 Å². The molecule has 3 amide bonds. The standard InChI is InChI=1S/C47H83N3O18/c1-7-62-15-9-12-35(54)25-47(26-36(55)13-10-16-63-8-2,29-48-39(57)24-40(58)50-30-45(4,32-52)46(5,31-50)33-61-6)27-37(56)14-11-17-64-18-19-65-20-21-66-22-23-67-44-41(49-34(3)53)43(60)42(59)38(28-51)68-44/h38,41-44,51-52,59-60H,7-33H2,1-6H3,(H,48,57)(H,49,53)/t38-,41-,42+,43-,44?,45+,46-/m1/s1. The van der Waals surface area contributed by atoms with E-state index in [1.807, 2.05) is 27.7 Å². The second-order valence-corrected chi connectivity index (χ2v) is 18.4. The first kappa shape index (κ1) is 61.1. The molecular weight excluding hydrogens is 895 g/mol. The van der Waals surface area contributed by atoms with Crippen molar-refractivity contribution >= 4 is 35.1 Å². The fraction of sp³-hybridized carbons (Fsp3) is 0.872. The highest BCUT2D eigenvalue weighted by Gasteiger charge is 2.53. The molecule has 21 heteroatoms. The van der Waals surface area contributed by atoms with E-state index in [0.717, 1.165) is 0 Å². The van der Waals surface area contributed by atoms with Gasteiger partial charge in [0.2, 0.25) is 17.7 Å². The molecule has 0 aromatic rings. The summed E-state index contributed by atoms with van der Waals surface area (Å²) in [6.07, 6.45) is -4.26. The highest BCUT2D eigenvalue weighted by Crippen LogP contribution is 2.46. The van der Waals surface area contributed by atoms with Gasteiger partial charge in [-0.05, 0) is 33.1 Å². The Balaban J connectivity index is 1.94. The summed E-state index contributed by atoms with van der Waals surface area (Å²) in [7, 11) is 1.56. The van der Waals surface area contributed by atoms with Crippen LogP contribution in [0, 0.1) is 16.2 Å². The van der Waals surface area contributed by atoms with Gasteiger partial charge in [-0.3, -0.25) is 28.8 Å². The number of Topliss-reactive ketones (excluding diaryl/α,β-unsaturated/α-hetero) is 3. The normalized spacial score (nSPS) is 24.0. The van der Waals surface area contributed by atoms with Crippen LogP contribution in [0.2, 0.25) is 0 Å². The summed E-state index contributed by atoms with van der Waals surface area (Å²) in [5, 5.41) is 45.5. The van der Waals surface area contributed by atoms with Gasteiger partial charge in [0.15, 0.2) is 6.29 Å². The first-order chi connectivity index (χ1) is 32.4. The maximum Gasteiger partial charge on any atom is 0.232 e. The number of aliphatic hydroxyl groups is 4. The molecule has 0 aromatic heterocycles. The number of ether oxygens (including phenoxy) is 8. The number of likely N-dealkylation sites (tertiary alicyclic amines) is 1. The summed E-state index contributed by atoms with van der Waals surface area (Å²) in [6, 6.07) is -1.05. The molecule has 1 unspecified atom stereocenters. The number of hydrogen-bond donors (Lipinski definition) is 6. The summed E-state index contributed by atoms with van der Waals surface area (Å²) in [5.74, 6) is -2.05. The Labute approximate surface area is 401 Å². The Morgan fingerprint density at radius 1 is 0.706 bits per heavy atom. The number of carbonyl (C=O) groups is 6. The summed E-state index contributed by atoms with van der Waals surface area (Å²) in [5.41, 5.74) is -2.43. The molecule has 2 fully saturated rings. The lowest BCUT2D eigenvalue weighted by Gasteiger charge is -2.42. The first-order valence-electron chi connectivity index (χ1n) is 24.0. The van der Waals surface area contributed by atoms with Crippen molar-refractivity contribution in [1.82, 2.24) is 15.5 Å². The number of nitrogens with zero attached hydrogens (tertiary/aromatic N) is 1. The number of hydrogen-bond acceptors (Lipinski definition) is 18. The van der Waals surface area contributed by atoms with E-state index in [4.69, 9.17) is 37.9 Å². The zero-order chi connectivity index (χ0) is 50.6. The van der Waals surface area contributed by atoms with Gasteiger partial charge < -0.3 is 73.9 Å². The fourth-order valence-corrected chi connectivity index (χ4v) is 8.51. The van der Waals surface area contributed by atoms with Gasteiger partial charge in [-0.15, -0.1) is 0 Å². The molecule has 0 spiro atoms. The smallest absolute Gasteiger partial charge is 0.232 e. The van der Waals surface area contributed by atoms with E-state index in [-0.39, 0.29) is 128 Å². The van der Waals surface area contributed by atoms with Crippen LogP contribution in [-0.2, 0) is 66.7 Å². The zero-order valence-corrected chi connectivity index (χ0v) is 41.4. The van der Waals surface area contributed by atoms with Crippen LogP contribution in [-0.4, -0.2) is 210 Å². The molecule has 0 aliphatic carbocycles. The third kappa shape index (κ3) is 21.5. The number of aliphatic hydroxyl groups excluding tert-OH is 4. The molecule has 2 aliphatic heterocycles. The number of methoxy groups -OCH3 is 1. The summed E-state index contributed by atoms with van der Waals surface area (Å²) < 4.78 is 44.1. The third-order valence-electron chi connectivity index (χ3n) is 12.5. The molecule has 6 N–H and O–H groups in total. The molecule has 2 rings (SSSR count). The molecule has 0 aromatic carbocycles. The Hall–Kier alpha value is -3.06. The Morgan fingerprint density at radius 2 is 1.19 bits per heavy atom. The topological polar surface area (TPSA) is 284 Å². The summed E-state index contributed by atoms with van der Waals surface area (Å²) >= 11 is 0. The Kier molecular flexibility index (Phi) is 29.4. The Morgan fingerprint density at radius 3 is 1.66 bits per heavy atom. The van der Waals surface area contributed by atoms with E-state index in [0.29, 0.717) is 52.3 Å². The number of amides is 3. The number of carbonyl (C=O) groups excluding carboxylic acids is 6. The lowest BCUT2D eigenvalue weighted by molar-refractivity contribution is -0.272. The molecule has 0 bridgehead atoms. The van der Waals surface area contributed by atoms with Crippen LogP contribution in [0.5, 0.6) is 0 Å². The second-order valence-electron chi connectivity index (χ2n) is 18.4. The van der Waals surface area contributed by atoms with Gasteiger partial charge in [0.1, 0.15) is 48.1 Å². The van der Waals surface area contributed by atoms with E-state index < -0.39 is 77.6 Å². The molecule has 68 heavy (non-hydrogen) atoms. The minimum Gasteiger partial charge on any atom is -0.396 e. The van der Waals surface area contributed by atoms with Crippen molar-refractivity contribution in [1.29, 1.82) is 0 Å². The minimum atomic E-state index is -1.42. The largest absolute Gasteiger partial charge is 0.396 e. The van der Waals surface area contributed by atoms with E-state index in [1.165, 1.54) is 6.92 Å². The molecular formula is C47H83N3O18. The molecule has 21 nitrogen and oxygen atoms in total. The van der Waals surface area contributed by atoms with E-state index in [2.05, 4.69) is 10.6 Å². The van der Waals surface area contributed by atoms with Crippen molar-refractivity contribution in [2.45, 2.75) is 129 Å². The zero-order valence-electron chi connectivity index (χ0n) is 41.4. The van der Waals surface area contributed by atoms with Crippen LogP contribution >= 0.6 is 0 Å². The van der Waals surface area contributed by atoms with Crippen LogP contribution < -0.4 is 10.6 Å². The van der Waals surface area contributed by atoms with Crippen molar-refractivity contribution in [3.63, 3.8) is 0 Å². The summed E-state index contributed by atoms with van der Waals surface area (Å²) in [4.78, 5) is 80.8. The molecule has 394 valence electrons. The van der Waals surface area contributed by atoms with Crippen LogP contribution in [0.25, 0.3) is 0 Å². The highest BCUT2D eigenvalue weighted by molar-refractivity contribution is 5.97. The molecule has 0 saturated carbocycles. The maximum absolute atomic E-state index is 13.7. The average Bonchev–Trinajstić information content (AvgIpc) is 3.56. The minimum absolute atomic E-state index is 0.0245. The SMILES string of the molecule is CCOCCCC(=O)CC(CNC(=O)CC(=O)N1C[C@](C)(COC)[C@](C)(CO)C1)(CC(=O)CCCOCC)CC(=O)CCCOCCOCCOCCOC1O[C@H](CO)[C@H](O)[C@H](O)[C@H]1NC(C)=O. The lowest BCUT2D eigenvalue weighted by Crippen LogP contribution is -2.64. The predicted octanol–water partition coefficient (Wildman–Crippen LogP) is 0.274. The average molecular weight is 978 g/mol. The molecule has 2 aliphatic rings. The number of nitrogens with one attached hydrogen (secondary N) is 2. The molecule has 7 atom stereocenters. The van der Waals surface area contributed by atoms with E-state index in [9.17, 15) is 49.2 Å². The van der Waals surface area contributed by atoms with Crippen LogP contribution in [0.15, 0.2) is 0 Å². The summed E-state index contributed by atoms with van der Waals surface area (Å²) in [6.45, 7) is 11.8. The highest BCUT2D eigenvalue weighted by atomic mass is 16.7. The maximum atomic E-state index is 13.7. The van der Waals surface area contributed by atoms with Crippen LogP contribution in [0.1, 0.15) is 98.8 Å². The number of ketones is 3. The number of rotatable bonds is 39. The van der Waals surface area contributed by atoms with Crippen molar-refractivity contribution in [2.75, 3.05) is 119 Å². The molecule has 0 radical (unpaired) electrons. The third-order valence-corrected chi connectivity index (χ3v) is 12.5.